The molecule has 1 amide bonds. The summed E-state index contributed by atoms with van der Waals surface area (Å²) in [6.45, 7) is 4.38. The van der Waals surface area contributed by atoms with Crippen molar-refractivity contribution in [1.82, 2.24) is 19.9 Å². The van der Waals surface area contributed by atoms with Gasteiger partial charge in [0.2, 0.25) is 11.1 Å². The second-order valence-electron chi connectivity index (χ2n) is 5.60. The standard InChI is InChI=1S/C18H20N6OS/c1-3-23(15-9-5-4-6-10-15)17(25)13(2)26-18-22-21-16(24(18)19)14-8-7-11-20-12-14/h4-13H,3,19H2,1-2H3/t13-/m0/s1. The minimum atomic E-state index is -0.358. The van der Waals surface area contributed by atoms with E-state index >= 15 is 0 Å². The van der Waals surface area contributed by atoms with Crippen LogP contribution in [-0.2, 0) is 4.79 Å². The number of para-hydroxylation sites is 1. The van der Waals surface area contributed by atoms with Gasteiger partial charge in [-0.1, -0.05) is 30.0 Å². The van der Waals surface area contributed by atoms with Gasteiger partial charge in [-0.3, -0.25) is 9.78 Å². The van der Waals surface area contributed by atoms with Crippen LogP contribution in [0.5, 0.6) is 0 Å². The van der Waals surface area contributed by atoms with Gasteiger partial charge < -0.3 is 10.7 Å². The molecule has 2 heterocycles. The molecule has 26 heavy (non-hydrogen) atoms. The van der Waals surface area contributed by atoms with E-state index in [1.165, 1.54) is 16.4 Å². The Labute approximate surface area is 156 Å². The van der Waals surface area contributed by atoms with Crippen molar-refractivity contribution in [1.29, 1.82) is 0 Å². The molecule has 2 aromatic heterocycles. The molecule has 0 bridgehead atoms. The number of nitrogen functional groups attached to an aromatic ring is 1. The van der Waals surface area contributed by atoms with Gasteiger partial charge in [-0.25, -0.2) is 4.68 Å². The fraction of sp³-hybridized carbons (Fsp3) is 0.222. The first-order valence-electron chi connectivity index (χ1n) is 8.25. The fourth-order valence-corrected chi connectivity index (χ4v) is 3.38. The number of pyridine rings is 1. The van der Waals surface area contributed by atoms with Crippen molar-refractivity contribution in [2.45, 2.75) is 24.3 Å². The normalized spacial score (nSPS) is 11.9. The summed E-state index contributed by atoms with van der Waals surface area (Å²) in [7, 11) is 0. The second kappa shape index (κ2) is 8.01. The van der Waals surface area contributed by atoms with Crippen LogP contribution >= 0.6 is 11.8 Å². The number of amides is 1. The molecule has 0 aliphatic carbocycles. The molecule has 0 radical (unpaired) electrons. The highest BCUT2D eigenvalue weighted by molar-refractivity contribution is 8.00. The number of nitrogens with two attached hydrogens (primary N) is 1. The lowest BCUT2D eigenvalue weighted by Gasteiger charge is -2.24. The highest BCUT2D eigenvalue weighted by Gasteiger charge is 2.24. The van der Waals surface area contributed by atoms with Crippen LogP contribution in [0.15, 0.2) is 60.0 Å². The Morgan fingerprint density at radius 2 is 2.00 bits per heavy atom. The largest absolute Gasteiger partial charge is 0.335 e. The van der Waals surface area contributed by atoms with Gasteiger partial charge >= 0.3 is 0 Å². The SMILES string of the molecule is CCN(C(=O)[C@H](C)Sc1nnc(-c2cccnc2)n1N)c1ccccc1. The summed E-state index contributed by atoms with van der Waals surface area (Å²) in [5.74, 6) is 6.63. The number of hydrogen-bond donors (Lipinski definition) is 1. The highest BCUT2D eigenvalue weighted by Crippen LogP contribution is 2.26. The van der Waals surface area contributed by atoms with E-state index in [1.807, 2.05) is 56.3 Å². The molecule has 3 rings (SSSR count). The van der Waals surface area contributed by atoms with Gasteiger partial charge in [0, 0.05) is 30.2 Å². The zero-order chi connectivity index (χ0) is 18.5. The van der Waals surface area contributed by atoms with E-state index in [9.17, 15) is 4.79 Å². The Bertz CT molecular complexity index is 868. The van der Waals surface area contributed by atoms with Gasteiger partial charge in [0.25, 0.3) is 0 Å². The molecule has 2 N–H and O–H groups in total. The van der Waals surface area contributed by atoms with Crippen molar-refractivity contribution >= 4 is 23.4 Å². The molecule has 1 aromatic carbocycles. The monoisotopic (exact) mass is 368 g/mol. The van der Waals surface area contributed by atoms with Gasteiger partial charge in [0.05, 0.1) is 5.25 Å². The number of carbonyl (C=O) groups is 1. The predicted molar refractivity (Wildman–Crippen MR) is 103 cm³/mol. The lowest BCUT2D eigenvalue weighted by Crippen LogP contribution is -2.36. The summed E-state index contributed by atoms with van der Waals surface area (Å²) in [6, 6.07) is 13.3. The lowest BCUT2D eigenvalue weighted by molar-refractivity contribution is -0.117. The Kier molecular flexibility index (Phi) is 5.52. The number of benzene rings is 1. The highest BCUT2D eigenvalue weighted by atomic mass is 32.2. The van der Waals surface area contributed by atoms with Crippen molar-refractivity contribution in [3.05, 3.63) is 54.9 Å². The molecule has 0 fully saturated rings. The molecule has 8 heteroatoms. The first kappa shape index (κ1) is 17.9. The predicted octanol–water partition coefficient (Wildman–Crippen LogP) is 2.59. The third-order valence-corrected chi connectivity index (χ3v) is 4.91. The molecule has 0 saturated heterocycles. The summed E-state index contributed by atoms with van der Waals surface area (Å²) in [5.41, 5.74) is 1.64. The molecule has 1 atom stereocenters. The second-order valence-corrected chi connectivity index (χ2v) is 6.90. The van der Waals surface area contributed by atoms with Gasteiger partial charge in [0.15, 0.2) is 5.82 Å². The number of carbonyl (C=O) groups excluding carboxylic acids is 1. The minimum absolute atomic E-state index is 0.00497. The minimum Gasteiger partial charge on any atom is -0.335 e. The van der Waals surface area contributed by atoms with E-state index in [0.717, 1.165) is 11.3 Å². The van der Waals surface area contributed by atoms with Gasteiger partial charge in [0.1, 0.15) is 0 Å². The summed E-state index contributed by atoms with van der Waals surface area (Å²) in [5, 5.41) is 8.37. The number of aromatic nitrogens is 4. The van der Waals surface area contributed by atoms with Crippen LogP contribution < -0.4 is 10.7 Å². The molecule has 0 spiro atoms. The average Bonchev–Trinajstić information content (AvgIpc) is 3.04. The van der Waals surface area contributed by atoms with Crippen LogP contribution in [0.3, 0.4) is 0 Å². The number of hydrogen-bond acceptors (Lipinski definition) is 6. The van der Waals surface area contributed by atoms with Crippen molar-refractivity contribution in [2.24, 2.45) is 0 Å². The molecule has 3 aromatic rings. The van der Waals surface area contributed by atoms with Crippen LogP contribution in [0.4, 0.5) is 5.69 Å². The van der Waals surface area contributed by atoms with E-state index in [2.05, 4.69) is 15.2 Å². The summed E-state index contributed by atoms with van der Waals surface area (Å²) in [6.07, 6.45) is 3.35. The smallest absolute Gasteiger partial charge is 0.240 e. The van der Waals surface area contributed by atoms with E-state index in [0.29, 0.717) is 17.5 Å². The number of rotatable bonds is 6. The Morgan fingerprint density at radius 3 is 2.65 bits per heavy atom. The van der Waals surface area contributed by atoms with Crippen LogP contribution in [0, 0.1) is 0 Å². The van der Waals surface area contributed by atoms with Crippen molar-refractivity contribution in [2.75, 3.05) is 17.3 Å². The first-order valence-corrected chi connectivity index (χ1v) is 9.13. The van der Waals surface area contributed by atoms with Crippen LogP contribution in [0.2, 0.25) is 0 Å². The lowest BCUT2D eigenvalue weighted by atomic mass is 10.2. The number of anilines is 1. The summed E-state index contributed by atoms with van der Waals surface area (Å²) in [4.78, 5) is 18.7. The molecular weight excluding hydrogens is 348 g/mol. The molecule has 0 saturated carbocycles. The molecule has 7 nitrogen and oxygen atoms in total. The topological polar surface area (TPSA) is 89.9 Å². The zero-order valence-corrected chi connectivity index (χ0v) is 15.4. The fourth-order valence-electron chi connectivity index (χ4n) is 2.55. The maximum absolute atomic E-state index is 12.9. The quantitative estimate of drug-likeness (QED) is 0.531. The third kappa shape index (κ3) is 3.70. The molecule has 134 valence electrons. The van der Waals surface area contributed by atoms with Crippen LogP contribution in [0.25, 0.3) is 11.4 Å². The Morgan fingerprint density at radius 1 is 1.23 bits per heavy atom. The van der Waals surface area contributed by atoms with Crippen molar-refractivity contribution in [3.8, 4) is 11.4 Å². The van der Waals surface area contributed by atoms with E-state index < -0.39 is 0 Å². The Hall–Kier alpha value is -2.87. The van der Waals surface area contributed by atoms with Crippen LogP contribution in [0.1, 0.15) is 13.8 Å². The van der Waals surface area contributed by atoms with Gasteiger partial charge in [-0.05, 0) is 38.1 Å². The summed E-state index contributed by atoms with van der Waals surface area (Å²) >= 11 is 1.28. The average molecular weight is 368 g/mol. The van der Waals surface area contributed by atoms with E-state index in [-0.39, 0.29) is 11.2 Å². The maximum Gasteiger partial charge on any atom is 0.240 e. The number of thioether (sulfide) groups is 1. The third-order valence-electron chi connectivity index (χ3n) is 3.86. The van der Waals surface area contributed by atoms with Crippen molar-refractivity contribution < 1.29 is 4.79 Å². The van der Waals surface area contributed by atoms with Crippen molar-refractivity contribution in [3.63, 3.8) is 0 Å². The van der Waals surface area contributed by atoms with Gasteiger partial charge in [-0.15, -0.1) is 10.2 Å². The first-order chi connectivity index (χ1) is 12.6. The Balaban J connectivity index is 1.76. The molecular formula is C18H20N6OS. The molecule has 0 aliphatic rings. The molecule has 0 unspecified atom stereocenters. The zero-order valence-electron chi connectivity index (χ0n) is 14.6. The molecule has 0 aliphatic heterocycles. The number of nitrogens with zero attached hydrogens (tertiary/aromatic N) is 5. The maximum atomic E-state index is 12.9. The summed E-state index contributed by atoms with van der Waals surface area (Å²) < 4.78 is 1.39. The van der Waals surface area contributed by atoms with Gasteiger partial charge in [-0.2, -0.15) is 0 Å². The van der Waals surface area contributed by atoms with Crippen LogP contribution in [-0.4, -0.2) is 37.6 Å². The van der Waals surface area contributed by atoms with E-state index in [1.54, 1.807) is 17.3 Å². The van der Waals surface area contributed by atoms with E-state index in [4.69, 9.17) is 5.84 Å².